The second-order valence-electron chi connectivity index (χ2n) is 8.14. The summed E-state index contributed by atoms with van der Waals surface area (Å²) in [5.41, 5.74) is 0. The monoisotopic (exact) mass is 362 g/mol. The van der Waals surface area contributed by atoms with Crippen LogP contribution < -0.4 is 0 Å². The van der Waals surface area contributed by atoms with Crippen LogP contribution in [0.4, 0.5) is 0 Å². The maximum absolute atomic E-state index is 3.77. The van der Waals surface area contributed by atoms with Crippen LogP contribution in [-0.4, -0.2) is 0 Å². The Kier molecular flexibility index (Phi) is 24.0. The van der Waals surface area contributed by atoms with Crippen LogP contribution in [0, 0.1) is 0 Å². The molecule has 0 aliphatic heterocycles. The molecule has 1 aliphatic carbocycles. The second-order valence-corrected chi connectivity index (χ2v) is 8.14. The van der Waals surface area contributed by atoms with E-state index in [0.29, 0.717) is 0 Å². The Balaban J connectivity index is 0.000000867. The summed E-state index contributed by atoms with van der Waals surface area (Å²) in [5.74, 6) is 0. The van der Waals surface area contributed by atoms with E-state index in [9.17, 15) is 0 Å². The predicted molar refractivity (Wildman–Crippen MR) is 122 cm³/mol. The average molecular weight is 363 g/mol. The van der Waals surface area contributed by atoms with Crippen molar-refractivity contribution in [2.24, 2.45) is 0 Å². The van der Waals surface area contributed by atoms with Crippen LogP contribution in [0.25, 0.3) is 0 Å². The van der Waals surface area contributed by atoms with Gasteiger partial charge < -0.3 is 0 Å². The molecule has 0 unspecified atom stereocenters. The van der Waals surface area contributed by atoms with Crippen LogP contribution in [-0.2, 0) is 0 Å². The van der Waals surface area contributed by atoms with Crippen molar-refractivity contribution in [3.63, 3.8) is 0 Å². The van der Waals surface area contributed by atoms with E-state index in [1.807, 2.05) is 6.08 Å². The maximum Gasteiger partial charge on any atom is -0.0351 e. The van der Waals surface area contributed by atoms with Crippen molar-refractivity contribution in [2.75, 3.05) is 0 Å². The molecular formula is C26H50. The van der Waals surface area contributed by atoms with Gasteiger partial charge in [-0.15, -0.1) is 6.58 Å². The highest BCUT2D eigenvalue weighted by molar-refractivity contribution is 4.85. The standard InChI is InChI=1S/C20H40.C6H10/c1-3-5-7-9-11-13-15-17-19-20-18-16-14-12-10-8-6-4-2;1-2-4-6-5-3-1/h3H,1,4-20H2,2H3;1-2H,3-6H2. The molecule has 1 rings (SSSR count). The Bertz CT molecular complexity index is 268. The summed E-state index contributed by atoms with van der Waals surface area (Å²) < 4.78 is 0. The molecule has 154 valence electrons. The number of hydrogen-bond acceptors (Lipinski definition) is 0. The van der Waals surface area contributed by atoms with Gasteiger partial charge in [0.25, 0.3) is 0 Å². The molecule has 26 heavy (non-hydrogen) atoms. The third-order valence-electron chi connectivity index (χ3n) is 5.42. The van der Waals surface area contributed by atoms with Crippen molar-refractivity contribution in [1.29, 1.82) is 0 Å². The van der Waals surface area contributed by atoms with Gasteiger partial charge in [0.1, 0.15) is 0 Å². The number of hydrogen-bond donors (Lipinski definition) is 0. The zero-order valence-electron chi connectivity index (χ0n) is 18.3. The summed E-state index contributed by atoms with van der Waals surface area (Å²) >= 11 is 0. The lowest BCUT2D eigenvalue weighted by molar-refractivity contribution is 0.530. The third-order valence-corrected chi connectivity index (χ3v) is 5.42. The van der Waals surface area contributed by atoms with E-state index >= 15 is 0 Å². The Morgan fingerprint density at radius 1 is 0.577 bits per heavy atom. The summed E-state index contributed by atoms with van der Waals surface area (Å²) in [5, 5.41) is 0. The fourth-order valence-corrected chi connectivity index (χ4v) is 3.60. The molecule has 0 radical (unpaired) electrons. The normalized spacial score (nSPS) is 13.3. The third kappa shape index (κ3) is 23.5. The first-order valence-corrected chi connectivity index (χ1v) is 12.2. The van der Waals surface area contributed by atoms with Gasteiger partial charge in [-0.2, -0.15) is 0 Å². The summed E-state index contributed by atoms with van der Waals surface area (Å²) in [7, 11) is 0. The fourth-order valence-electron chi connectivity index (χ4n) is 3.60. The van der Waals surface area contributed by atoms with E-state index in [1.54, 1.807) is 0 Å². The van der Waals surface area contributed by atoms with Crippen LogP contribution in [0.2, 0.25) is 0 Å². The minimum absolute atomic E-state index is 1.21. The van der Waals surface area contributed by atoms with Crippen molar-refractivity contribution >= 4 is 0 Å². The van der Waals surface area contributed by atoms with Gasteiger partial charge in [-0.1, -0.05) is 121 Å². The van der Waals surface area contributed by atoms with Gasteiger partial charge in [-0.3, -0.25) is 0 Å². The van der Waals surface area contributed by atoms with Crippen molar-refractivity contribution in [3.8, 4) is 0 Å². The Morgan fingerprint density at radius 2 is 0.923 bits per heavy atom. The molecule has 0 heterocycles. The smallest absolute Gasteiger partial charge is 0.0351 e. The van der Waals surface area contributed by atoms with Gasteiger partial charge in [0.2, 0.25) is 0 Å². The molecule has 0 saturated heterocycles. The van der Waals surface area contributed by atoms with E-state index in [-0.39, 0.29) is 0 Å². The minimum atomic E-state index is 1.21. The average Bonchev–Trinajstić information content (AvgIpc) is 2.69. The quantitative estimate of drug-likeness (QED) is 0.178. The highest BCUT2D eigenvalue weighted by Gasteiger charge is 1.94. The topological polar surface area (TPSA) is 0 Å². The lowest BCUT2D eigenvalue weighted by Gasteiger charge is -2.03. The summed E-state index contributed by atoms with van der Waals surface area (Å²) in [6, 6.07) is 0. The minimum Gasteiger partial charge on any atom is -0.103 e. The Morgan fingerprint density at radius 3 is 1.19 bits per heavy atom. The van der Waals surface area contributed by atoms with Crippen molar-refractivity contribution in [3.05, 3.63) is 24.8 Å². The Hall–Kier alpha value is -0.520. The molecule has 1 aliphatic rings. The van der Waals surface area contributed by atoms with E-state index in [1.165, 1.54) is 135 Å². The van der Waals surface area contributed by atoms with Gasteiger partial charge in [-0.05, 0) is 38.5 Å². The summed E-state index contributed by atoms with van der Waals surface area (Å²) in [6.07, 6.45) is 36.4. The van der Waals surface area contributed by atoms with Gasteiger partial charge in [0, 0.05) is 0 Å². The van der Waals surface area contributed by atoms with Gasteiger partial charge >= 0.3 is 0 Å². The molecule has 0 nitrogen and oxygen atoms in total. The summed E-state index contributed by atoms with van der Waals surface area (Å²) in [4.78, 5) is 0. The number of unbranched alkanes of at least 4 members (excludes halogenated alkanes) is 16. The van der Waals surface area contributed by atoms with Crippen LogP contribution in [0.5, 0.6) is 0 Å². The van der Waals surface area contributed by atoms with Gasteiger partial charge in [0.05, 0.1) is 0 Å². The predicted octanol–water partition coefficient (Wildman–Crippen LogP) is 9.94. The maximum atomic E-state index is 3.77. The lowest BCUT2D eigenvalue weighted by atomic mass is 10.0. The van der Waals surface area contributed by atoms with Crippen molar-refractivity contribution in [1.82, 2.24) is 0 Å². The molecule has 0 aromatic carbocycles. The first-order chi connectivity index (χ1) is 12.9. The highest BCUT2D eigenvalue weighted by Crippen LogP contribution is 2.14. The Labute approximate surface area is 166 Å². The van der Waals surface area contributed by atoms with Gasteiger partial charge in [-0.25, -0.2) is 0 Å². The summed E-state index contributed by atoms with van der Waals surface area (Å²) in [6.45, 7) is 6.06. The van der Waals surface area contributed by atoms with E-state index < -0.39 is 0 Å². The molecule has 0 fully saturated rings. The molecule has 0 spiro atoms. The molecule has 0 amide bonds. The van der Waals surface area contributed by atoms with Gasteiger partial charge in [0.15, 0.2) is 0 Å². The molecular weight excluding hydrogens is 312 g/mol. The first-order valence-electron chi connectivity index (χ1n) is 12.2. The molecule has 0 aromatic rings. The zero-order valence-corrected chi connectivity index (χ0v) is 18.3. The second kappa shape index (κ2) is 24.5. The molecule has 0 bridgehead atoms. The van der Waals surface area contributed by atoms with E-state index in [2.05, 4.69) is 25.7 Å². The lowest BCUT2D eigenvalue weighted by Crippen LogP contribution is -1.83. The van der Waals surface area contributed by atoms with Crippen LogP contribution in [0.3, 0.4) is 0 Å². The molecule has 0 aromatic heterocycles. The first kappa shape index (κ1) is 25.5. The zero-order chi connectivity index (χ0) is 19.0. The number of rotatable bonds is 17. The fraction of sp³-hybridized carbons (Fsp3) is 0.846. The SMILES string of the molecule is C1=CCCCC1.C=CCCCCCCCCCCCCCCCCCC. The molecule has 0 heteroatoms. The van der Waals surface area contributed by atoms with Crippen LogP contribution in [0.15, 0.2) is 24.8 Å². The van der Waals surface area contributed by atoms with Crippen LogP contribution in [0.1, 0.15) is 142 Å². The van der Waals surface area contributed by atoms with Crippen molar-refractivity contribution < 1.29 is 0 Å². The largest absolute Gasteiger partial charge is 0.103 e. The number of allylic oxidation sites excluding steroid dienone is 3. The van der Waals surface area contributed by atoms with E-state index in [4.69, 9.17) is 0 Å². The molecule has 0 N–H and O–H groups in total. The highest BCUT2D eigenvalue weighted by atomic mass is 14.0. The van der Waals surface area contributed by atoms with E-state index in [0.717, 1.165) is 0 Å². The molecule has 0 atom stereocenters. The van der Waals surface area contributed by atoms with Crippen LogP contribution >= 0.6 is 0 Å². The molecule has 0 saturated carbocycles. The van der Waals surface area contributed by atoms with Crippen molar-refractivity contribution in [2.45, 2.75) is 142 Å².